The first-order chi connectivity index (χ1) is 20.7. The number of rotatable bonds is 8. The number of benzene rings is 2. The number of amides is 1. The number of alkyl halides is 3. The zero-order valence-corrected chi connectivity index (χ0v) is 24.4. The predicted molar refractivity (Wildman–Crippen MR) is 151 cm³/mol. The number of carbonyl (C=O) groups excluding carboxylic acids is 1. The molecule has 0 atom stereocenters. The lowest BCUT2D eigenvalue weighted by Crippen LogP contribution is -2.40. The first-order valence-electron chi connectivity index (χ1n) is 13.0. The Balaban J connectivity index is 2.04. The molecule has 2 heterocycles. The van der Waals surface area contributed by atoms with E-state index in [0.29, 0.717) is 23.5 Å². The van der Waals surface area contributed by atoms with E-state index < -0.39 is 55.4 Å². The van der Waals surface area contributed by atoms with Crippen LogP contribution in [-0.4, -0.2) is 40.0 Å². The van der Waals surface area contributed by atoms with Crippen LogP contribution in [0.15, 0.2) is 69.2 Å². The minimum atomic E-state index is -4.97. The van der Waals surface area contributed by atoms with E-state index in [1.54, 1.807) is 0 Å². The van der Waals surface area contributed by atoms with Gasteiger partial charge in [-0.2, -0.15) is 31.9 Å². The molecule has 0 saturated carbocycles. The van der Waals surface area contributed by atoms with Crippen molar-refractivity contribution in [1.82, 2.24) is 24.2 Å². The normalized spacial score (nSPS) is 11.7. The second-order valence-corrected chi connectivity index (χ2v) is 11.0. The van der Waals surface area contributed by atoms with Crippen molar-refractivity contribution in [3.8, 4) is 28.7 Å². The number of carbonyl (C=O) groups is 1. The van der Waals surface area contributed by atoms with Gasteiger partial charge in [0.1, 0.15) is 5.69 Å². The molecule has 44 heavy (non-hydrogen) atoms. The highest BCUT2D eigenvalue weighted by atomic mass is 32.2. The lowest BCUT2D eigenvalue weighted by molar-refractivity contribution is -0.137. The number of nitrogens with zero attached hydrogens (tertiary/aromatic N) is 5. The van der Waals surface area contributed by atoms with Crippen LogP contribution >= 0.6 is 0 Å². The van der Waals surface area contributed by atoms with Crippen molar-refractivity contribution in [2.75, 3.05) is 6.54 Å². The van der Waals surface area contributed by atoms with Crippen molar-refractivity contribution in [3.05, 3.63) is 92.4 Å². The van der Waals surface area contributed by atoms with Crippen LogP contribution < -0.4 is 16.6 Å². The van der Waals surface area contributed by atoms with Crippen LogP contribution in [0, 0.1) is 18.3 Å². The summed E-state index contributed by atoms with van der Waals surface area (Å²) < 4.78 is 74.6. The summed E-state index contributed by atoms with van der Waals surface area (Å²) in [5.74, 6) is 0. The Morgan fingerprint density at radius 3 is 2.41 bits per heavy atom. The molecule has 0 saturated heterocycles. The molecule has 2 aromatic heterocycles. The highest BCUT2D eigenvalue weighted by molar-refractivity contribution is 7.87. The average Bonchev–Trinajstić information content (AvgIpc) is 3.41. The van der Waals surface area contributed by atoms with Crippen molar-refractivity contribution < 1.29 is 30.6 Å². The second kappa shape index (κ2) is 12.2. The maximum Gasteiger partial charge on any atom is 0.423 e. The Labute approximate surface area is 248 Å². The van der Waals surface area contributed by atoms with E-state index in [1.165, 1.54) is 37.3 Å². The van der Waals surface area contributed by atoms with Crippen LogP contribution in [0.25, 0.3) is 22.6 Å². The zero-order chi connectivity index (χ0) is 32.4. The topological polar surface area (TPSA) is 158 Å². The van der Waals surface area contributed by atoms with Crippen LogP contribution in [0.1, 0.15) is 36.6 Å². The van der Waals surface area contributed by atoms with Crippen LogP contribution in [0.4, 0.5) is 18.0 Å². The van der Waals surface area contributed by atoms with Crippen molar-refractivity contribution in [2.45, 2.75) is 37.8 Å². The molecule has 0 bridgehead atoms. The molecule has 0 radical (unpaired) electrons. The van der Waals surface area contributed by atoms with Gasteiger partial charge in [0.15, 0.2) is 4.90 Å². The third-order valence-electron chi connectivity index (χ3n) is 6.59. The number of unbranched alkanes of at least 4 members (excludes halogenated alkanes) is 1. The summed E-state index contributed by atoms with van der Waals surface area (Å²) >= 11 is 0. The first-order valence-corrected chi connectivity index (χ1v) is 14.4. The van der Waals surface area contributed by atoms with Crippen LogP contribution in [0.3, 0.4) is 0 Å². The molecule has 0 unspecified atom stereocenters. The number of hydrogen-bond donors (Lipinski definition) is 1. The molecule has 4 aromatic rings. The lowest BCUT2D eigenvalue weighted by atomic mass is 10.1. The van der Waals surface area contributed by atoms with Gasteiger partial charge in [0.05, 0.1) is 40.3 Å². The summed E-state index contributed by atoms with van der Waals surface area (Å²) in [5.41, 5.74) is -3.99. The van der Waals surface area contributed by atoms with Crippen LogP contribution in [0.2, 0.25) is 0 Å². The molecule has 4 rings (SSSR count). The third-order valence-corrected chi connectivity index (χ3v) is 7.80. The highest BCUT2D eigenvalue weighted by Gasteiger charge is 2.34. The molecular weight excluding hydrogens is 605 g/mol. The Hall–Kier alpha value is -5.17. The van der Waals surface area contributed by atoms with Gasteiger partial charge in [-0.3, -0.25) is 13.9 Å². The predicted octanol–water partition coefficient (Wildman–Crippen LogP) is 3.80. The molecule has 2 aromatic carbocycles. The smallest absolute Gasteiger partial charge is 0.324 e. The molecule has 230 valence electrons. The molecule has 0 aliphatic heterocycles. The molecule has 0 fully saturated rings. The average molecular weight is 631 g/mol. The molecule has 12 nitrogen and oxygen atoms in total. The van der Waals surface area contributed by atoms with E-state index in [-0.39, 0.29) is 29.2 Å². The largest absolute Gasteiger partial charge is 0.423 e. The fraction of sp³-hybridized carbons (Fsp3) is 0.250. The summed E-state index contributed by atoms with van der Waals surface area (Å²) in [5, 5.41) is 15.6. The minimum Gasteiger partial charge on any atom is -0.324 e. The Morgan fingerprint density at radius 1 is 1.11 bits per heavy atom. The fourth-order valence-electron chi connectivity index (χ4n) is 4.37. The quantitative estimate of drug-likeness (QED) is 0.227. The Kier molecular flexibility index (Phi) is 8.81. The van der Waals surface area contributed by atoms with Crippen molar-refractivity contribution >= 4 is 16.2 Å². The van der Waals surface area contributed by atoms with E-state index in [9.17, 15) is 41.2 Å². The first kappa shape index (κ1) is 31.8. The van der Waals surface area contributed by atoms with E-state index >= 15 is 0 Å². The van der Waals surface area contributed by atoms with Gasteiger partial charge >= 0.3 is 28.1 Å². The standard InChI is InChI=1S/C28H25F3N6O6S/c1-4-5-13-33-26(39)43-44(41,42)22-16-34-37(20-11-9-18(15-32)10-12-20)24(22)23-17(2)36(27(40)35(3)25(23)38)21-8-6-7-19(14-21)28(29,30)31/h6-12,14,16H,4-5,13H2,1-3H3,(H,33,39). The molecular formula is C28H25F3N6O6S. The monoisotopic (exact) mass is 630 g/mol. The third kappa shape index (κ3) is 6.13. The van der Waals surface area contributed by atoms with Crippen LogP contribution in [0.5, 0.6) is 0 Å². The summed E-state index contributed by atoms with van der Waals surface area (Å²) in [6.07, 6.45) is -3.95. The SMILES string of the molecule is CCCCNC(=O)OS(=O)(=O)c1cnn(-c2ccc(C#N)cc2)c1-c1c(C)n(-c2cccc(C(F)(F)F)c2)c(=O)n(C)c1=O. The van der Waals surface area contributed by atoms with Crippen LogP contribution in [-0.2, 0) is 27.5 Å². The van der Waals surface area contributed by atoms with Crippen molar-refractivity contribution in [2.24, 2.45) is 7.05 Å². The van der Waals surface area contributed by atoms with Gasteiger partial charge in [0.2, 0.25) is 0 Å². The highest BCUT2D eigenvalue weighted by Crippen LogP contribution is 2.33. The number of hydrogen-bond acceptors (Lipinski definition) is 8. The summed E-state index contributed by atoms with van der Waals surface area (Å²) in [6, 6.07) is 11.4. The van der Waals surface area contributed by atoms with E-state index in [1.807, 2.05) is 13.0 Å². The van der Waals surface area contributed by atoms with Gasteiger partial charge in [-0.25, -0.2) is 14.3 Å². The number of nitrogens with one attached hydrogen (secondary N) is 1. The van der Waals surface area contributed by atoms with E-state index in [4.69, 9.17) is 4.18 Å². The Bertz CT molecular complexity index is 2010. The molecule has 1 N–H and O–H groups in total. The van der Waals surface area contributed by atoms with Gasteiger partial charge < -0.3 is 9.50 Å². The Morgan fingerprint density at radius 2 is 1.80 bits per heavy atom. The molecule has 1 amide bonds. The van der Waals surface area contributed by atoms with Gasteiger partial charge in [-0.1, -0.05) is 19.4 Å². The minimum absolute atomic E-state index is 0.129. The van der Waals surface area contributed by atoms with E-state index in [2.05, 4.69) is 10.4 Å². The maximum atomic E-state index is 13.6. The zero-order valence-electron chi connectivity index (χ0n) is 23.5. The van der Waals surface area contributed by atoms with Gasteiger partial charge in [-0.15, -0.1) is 0 Å². The molecule has 16 heteroatoms. The number of aromatic nitrogens is 4. The number of nitriles is 1. The van der Waals surface area contributed by atoms with Crippen molar-refractivity contribution in [3.63, 3.8) is 0 Å². The van der Waals surface area contributed by atoms with Gasteiger partial charge in [0.25, 0.3) is 5.56 Å². The lowest BCUT2D eigenvalue weighted by Gasteiger charge is -2.18. The summed E-state index contributed by atoms with van der Waals surface area (Å²) in [7, 11) is -3.89. The van der Waals surface area contributed by atoms with Crippen molar-refractivity contribution in [1.29, 1.82) is 5.26 Å². The van der Waals surface area contributed by atoms with Gasteiger partial charge in [0, 0.05) is 19.3 Å². The molecule has 0 spiro atoms. The maximum absolute atomic E-state index is 13.6. The van der Waals surface area contributed by atoms with Gasteiger partial charge in [-0.05, 0) is 55.8 Å². The number of halogens is 3. The second-order valence-electron chi connectivity index (χ2n) is 9.52. The van der Waals surface area contributed by atoms with E-state index in [0.717, 1.165) is 34.6 Å². The summed E-state index contributed by atoms with van der Waals surface area (Å²) in [4.78, 5) is 38.5. The molecule has 0 aliphatic carbocycles. The summed E-state index contributed by atoms with van der Waals surface area (Å²) in [6.45, 7) is 3.24. The fourth-order valence-corrected chi connectivity index (χ4v) is 5.32. The molecule has 0 aliphatic rings.